The number of fused-ring (bicyclic) bond motifs is 4. The molecule has 0 bridgehead atoms. The third kappa shape index (κ3) is 5.86. The van der Waals surface area contributed by atoms with Crippen LogP contribution in [0, 0.1) is 0 Å². The van der Waals surface area contributed by atoms with Gasteiger partial charge in [-0.15, -0.1) is 0 Å². The van der Waals surface area contributed by atoms with E-state index in [0.29, 0.717) is 0 Å². The zero-order chi connectivity index (χ0) is 36.9. The number of benzene rings is 8. The molecule has 0 amide bonds. The third-order valence-electron chi connectivity index (χ3n) is 11.5. The molecule has 55 heavy (non-hydrogen) atoms. The molecular weight excluding hydrogens is 663 g/mol. The molecule has 1 nitrogen and oxygen atoms in total. The minimum absolute atomic E-state index is 0.0817. The van der Waals surface area contributed by atoms with Crippen molar-refractivity contribution in [3.63, 3.8) is 0 Å². The van der Waals surface area contributed by atoms with Gasteiger partial charge in [0, 0.05) is 16.5 Å². The van der Waals surface area contributed by atoms with Gasteiger partial charge in [0.15, 0.2) is 0 Å². The summed E-state index contributed by atoms with van der Waals surface area (Å²) in [5.74, 6) is 0. The lowest BCUT2D eigenvalue weighted by atomic mass is 9.80. The lowest BCUT2D eigenvalue weighted by Gasteiger charge is -2.23. The summed E-state index contributed by atoms with van der Waals surface area (Å²) in [7, 11) is 0. The Labute approximate surface area is 323 Å². The Balaban J connectivity index is 1.02. The Morgan fingerprint density at radius 1 is 0.291 bits per heavy atom. The van der Waals surface area contributed by atoms with Gasteiger partial charge in [0.25, 0.3) is 0 Å². The van der Waals surface area contributed by atoms with Gasteiger partial charge in [-0.3, -0.25) is 0 Å². The summed E-state index contributed by atoms with van der Waals surface area (Å²) >= 11 is 0. The normalized spacial score (nSPS) is 12.7. The first-order valence-electron chi connectivity index (χ1n) is 19.1. The smallest absolute Gasteiger partial charge is 0.0715 e. The average Bonchev–Trinajstić information content (AvgIpc) is 3.48. The molecule has 8 aromatic carbocycles. The Bertz CT molecular complexity index is 2790. The molecule has 0 radical (unpaired) electrons. The maximum Gasteiger partial charge on any atom is 0.0715 e. The first-order valence-corrected chi connectivity index (χ1v) is 19.1. The molecule has 0 atom stereocenters. The van der Waals surface area contributed by atoms with Crippen molar-refractivity contribution in [2.24, 2.45) is 0 Å². The van der Waals surface area contributed by atoms with Gasteiger partial charge in [-0.25, -0.2) is 4.98 Å². The van der Waals surface area contributed by atoms with Crippen molar-refractivity contribution in [2.75, 3.05) is 0 Å². The highest BCUT2D eigenvalue weighted by atomic mass is 14.7. The number of aromatic nitrogens is 1. The number of hydrogen-bond acceptors (Lipinski definition) is 1. The van der Waals surface area contributed by atoms with Gasteiger partial charge in [0.2, 0.25) is 0 Å². The zero-order valence-corrected chi connectivity index (χ0v) is 31.0. The van der Waals surface area contributed by atoms with Crippen LogP contribution in [-0.4, -0.2) is 4.98 Å². The molecule has 0 spiro atoms. The minimum Gasteiger partial charge on any atom is -0.248 e. The van der Waals surface area contributed by atoms with Crippen LogP contribution < -0.4 is 0 Å². The minimum atomic E-state index is -0.0817. The monoisotopic (exact) mass is 701 g/mol. The lowest BCUT2D eigenvalue weighted by Crippen LogP contribution is -2.15. The van der Waals surface area contributed by atoms with Crippen molar-refractivity contribution in [1.82, 2.24) is 4.98 Å². The highest BCUT2D eigenvalue weighted by molar-refractivity contribution is 5.96. The fourth-order valence-electron chi connectivity index (χ4n) is 8.49. The van der Waals surface area contributed by atoms with Crippen LogP contribution in [0.5, 0.6) is 0 Å². The van der Waals surface area contributed by atoms with Crippen molar-refractivity contribution in [3.05, 3.63) is 211 Å². The van der Waals surface area contributed by atoms with E-state index in [1.165, 1.54) is 72.0 Å². The van der Waals surface area contributed by atoms with Crippen molar-refractivity contribution in [1.29, 1.82) is 0 Å². The van der Waals surface area contributed by atoms with Crippen LogP contribution in [0.15, 0.2) is 200 Å². The molecule has 1 aliphatic rings. The molecule has 10 rings (SSSR count). The van der Waals surface area contributed by atoms with Gasteiger partial charge in [0.05, 0.1) is 11.4 Å². The van der Waals surface area contributed by atoms with Gasteiger partial charge >= 0.3 is 0 Å². The fourth-order valence-corrected chi connectivity index (χ4v) is 8.49. The second kappa shape index (κ2) is 13.2. The highest BCUT2D eigenvalue weighted by Gasteiger charge is 2.36. The van der Waals surface area contributed by atoms with Crippen LogP contribution in [0.2, 0.25) is 0 Å². The quantitative estimate of drug-likeness (QED) is 0.168. The maximum atomic E-state index is 5.14. The van der Waals surface area contributed by atoms with Crippen LogP contribution in [0.3, 0.4) is 0 Å². The van der Waals surface area contributed by atoms with E-state index < -0.39 is 0 Å². The van der Waals surface area contributed by atoms with Crippen LogP contribution in [0.1, 0.15) is 25.0 Å². The molecule has 0 saturated carbocycles. The van der Waals surface area contributed by atoms with Crippen molar-refractivity contribution < 1.29 is 0 Å². The van der Waals surface area contributed by atoms with E-state index in [1.54, 1.807) is 0 Å². The summed E-state index contributed by atoms with van der Waals surface area (Å²) in [4.78, 5) is 5.14. The topological polar surface area (TPSA) is 12.9 Å². The molecule has 0 fully saturated rings. The fraction of sp³-hybridized carbons (Fsp3) is 0.0556. The van der Waals surface area contributed by atoms with E-state index in [9.17, 15) is 0 Å². The van der Waals surface area contributed by atoms with E-state index >= 15 is 0 Å². The van der Waals surface area contributed by atoms with Gasteiger partial charge in [0.1, 0.15) is 0 Å². The second-order valence-corrected chi connectivity index (χ2v) is 15.2. The van der Waals surface area contributed by atoms with Gasteiger partial charge in [-0.05, 0) is 108 Å². The largest absolute Gasteiger partial charge is 0.248 e. The molecule has 0 aliphatic heterocycles. The van der Waals surface area contributed by atoms with Crippen molar-refractivity contribution in [3.8, 4) is 78.1 Å². The molecule has 1 heteroatoms. The summed E-state index contributed by atoms with van der Waals surface area (Å²) in [5.41, 5.74) is 19.2. The first-order chi connectivity index (χ1) is 27.0. The second-order valence-electron chi connectivity index (χ2n) is 15.2. The molecule has 1 aliphatic carbocycles. The molecule has 9 aromatic rings. The number of pyridine rings is 1. The maximum absolute atomic E-state index is 5.14. The van der Waals surface area contributed by atoms with Crippen molar-refractivity contribution >= 4 is 10.8 Å². The lowest BCUT2D eigenvalue weighted by molar-refractivity contribution is 0.660. The summed E-state index contributed by atoms with van der Waals surface area (Å²) in [6, 6.07) is 72.7. The molecule has 0 N–H and O–H groups in total. The van der Waals surface area contributed by atoms with Crippen molar-refractivity contribution in [2.45, 2.75) is 19.3 Å². The molecule has 0 saturated heterocycles. The summed E-state index contributed by atoms with van der Waals surface area (Å²) < 4.78 is 0. The number of nitrogens with zero attached hydrogens (tertiary/aromatic N) is 1. The molecule has 1 aromatic heterocycles. The molecule has 0 unspecified atom stereocenters. The molecule has 260 valence electrons. The summed E-state index contributed by atoms with van der Waals surface area (Å²) in [5, 5.41) is 2.51. The van der Waals surface area contributed by atoms with Gasteiger partial charge < -0.3 is 0 Å². The van der Waals surface area contributed by atoms with E-state index in [1.807, 2.05) is 6.07 Å². The van der Waals surface area contributed by atoms with E-state index in [4.69, 9.17) is 4.98 Å². The zero-order valence-electron chi connectivity index (χ0n) is 31.0. The molecule has 1 heterocycles. The van der Waals surface area contributed by atoms with E-state index in [-0.39, 0.29) is 5.41 Å². The van der Waals surface area contributed by atoms with Crippen LogP contribution in [0.25, 0.3) is 88.9 Å². The Morgan fingerprint density at radius 3 is 1.47 bits per heavy atom. The van der Waals surface area contributed by atoms with Crippen LogP contribution >= 0.6 is 0 Å². The Kier molecular flexibility index (Phi) is 7.89. The predicted molar refractivity (Wildman–Crippen MR) is 232 cm³/mol. The highest BCUT2D eigenvalue weighted by Crippen LogP contribution is 2.52. The van der Waals surface area contributed by atoms with E-state index in [2.05, 4.69) is 208 Å². The number of rotatable bonds is 6. The van der Waals surface area contributed by atoms with Gasteiger partial charge in [-0.2, -0.15) is 0 Å². The van der Waals surface area contributed by atoms with Gasteiger partial charge in [-0.1, -0.05) is 184 Å². The summed E-state index contributed by atoms with van der Waals surface area (Å²) in [6.07, 6.45) is 0. The SMILES string of the molecule is CC1(C)c2ccccc2-c2cc(-c3ccc4ccccc4c3)c(-c3ccc(-c4ccc(-c5cc(-c6ccccc6)cc(-c6ccccc6)n5)cc4)cc3)cc21. The predicted octanol–water partition coefficient (Wildman–Crippen LogP) is 14.5. The van der Waals surface area contributed by atoms with Crippen LogP contribution in [0.4, 0.5) is 0 Å². The first kappa shape index (κ1) is 32.8. The average molecular weight is 702 g/mol. The standard InChI is InChI=1S/C54H39N/c1-54(2)50-20-12-11-19-46(50)49-34-47(44-30-25-37-15-9-10-18-43(37)31-44)48(35-51(49)54)40-26-21-38(22-27-40)39-23-28-42(29-24-39)53-33-45(36-13-5-3-6-14-36)32-52(55-53)41-16-7-4-8-17-41/h3-35H,1-2H3. The summed E-state index contributed by atoms with van der Waals surface area (Å²) in [6.45, 7) is 4.72. The third-order valence-corrected chi connectivity index (χ3v) is 11.5. The molecular formula is C54H39N. The van der Waals surface area contributed by atoms with E-state index in [0.717, 1.165) is 28.1 Å². The number of hydrogen-bond donors (Lipinski definition) is 0. The Hall–Kier alpha value is -6.83. The van der Waals surface area contributed by atoms with Crippen LogP contribution in [-0.2, 0) is 5.41 Å². The Morgan fingerprint density at radius 2 is 0.782 bits per heavy atom.